The highest BCUT2D eigenvalue weighted by atomic mass is 32.2. The molecule has 2 nitrogen and oxygen atoms in total. The fourth-order valence-corrected chi connectivity index (χ4v) is 0.746. The van der Waals surface area contributed by atoms with Gasteiger partial charge in [0.1, 0.15) is 0 Å². The van der Waals surface area contributed by atoms with Gasteiger partial charge in [0.05, 0.1) is 0 Å². The van der Waals surface area contributed by atoms with Gasteiger partial charge in [-0.3, -0.25) is 4.21 Å². The molecule has 0 aromatic carbocycles. The average molecular weight is 169 g/mol. The summed E-state index contributed by atoms with van der Waals surface area (Å²) in [5.41, 5.74) is 0. The smallest absolute Gasteiger partial charge is 0.0242 e. The van der Waals surface area contributed by atoms with E-state index in [0.717, 1.165) is 0 Å². The van der Waals surface area contributed by atoms with Crippen LogP contribution in [0.1, 0.15) is 0 Å². The molecule has 0 aromatic heterocycles. The summed E-state index contributed by atoms with van der Waals surface area (Å²) >= 11 is -2.20. The predicted octanol–water partition coefficient (Wildman–Crippen LogP) is 1.68. The van der Waals surface area contributed by atoms with Gasteiger partial charge in [-0.15, -0.1) is 0 Å². The molecule has 0 N–H and O–H groups in total. The first-order valence-electron chi connectivity index (χ1n) is 2.93. The second-order valence-corrected chi connectivity index (χ2v) is 2.57. The van der Waals surface area contributed by atoms with Crippen molar-refractivity contribution in [3.63, 3.8) is 0 Å². The van der Waals surface area contributed by atoms with Crippen molar-refractivity contribution < 1.29 is 8.76 Å². The summed E-state index contributed by atoms with van der Waals surface area (Å²) in [6.45, 7) is 6.77. The van der Waals surface area contributed by atoms with Crippen LogP contribution in [0.15, 0.2) is 48.4 Å². The van der Waals surface area contributed by atoms with Crippen molar-refractivity contribution in [2.45, 2.75) is 0 Å². The highest BCUT2D eigenvalue weighted by Crippen LogP contribution is 1.99. The van der Waals surface area contributed by atoms with Crippen LogP contribution < -0.4 is 0 Å². The second kappa shape index (κ2) is 5.82. The minimum atomic E-state index is -2.20. The van der Waals surface area contributed by atoms with Crippen LogP contribution >= 0.6 is 0 Å². The normalized spacial score (nSPS) is 14.8. The van der Waals surface area contributed by atoms with E-state index in [4.69, 9.17) is 0 Å². The van der Waals surface area contributed by atoms with E-state index < -0.39 is 11.1 Å². The zero-order valence-electron chi connectivity index (χ0n) is 6.03. The fourth-order valence-electron chi connectivity index (χ4n) is 0.421. The van der Waals surface area contributed by atoms with Crippen molar-refractivity contribution in [2.24, 2.45) is 0 Å². The molecule has 0 spiro atoms. The zero-order chi connectivity index (χ0) is 8.69. The van der Waals surface area contributed by atoms with Crippen molar-refractivity contribution in [3.8, 4) is 0 Å². The summed E-state index contributed by atoms with van der Waals surface area (Å²) in [6, 6.07) is 0. The lowest BCUT2D eigenvalue weighted by Gasteiger charge is -2.02. The number of hydrogen-bond donors (Lipinski definition) is 0. The Morgan fingerprint density at radius 1 is 1.36 bits per heavy atom. The third-order valence-electron chi connectivity index (χ3n) is 0.901. The van der Waals surface area contributed by atoms with Crippen LogP contribution in [0.4, 0.5) is 0 Å². The largest absolute Gasteiger partial charge is 0.768 e. The van der Waals surface area contributed by atoms with E-state index in [9.17, 15) is 8.76 Å². The molecule has 3 heteroatoms. The van der Waals surface area contributed by atoms with Crippen molar-refractivity contribution in [3.05, 3.63) is 48.4 Å². The summed E-state index contributed by atoms with van der Waals surface area (Å²) in [4.78, 5) is 0.170. The Labute approximate surface area is 68.9 Å². The average Bonchev–Trinajstić information content (AvgIpc) is 1.97. The second-order valence-electron chi connectivity index (χ2n) is 1.63. The van der Waals surface area contributed by atoms with Crippen LogP contribution in [0.2, 0.25) is 0 Å². The topological polar surface area (TPSA) is 40.1 Å². The Morgan fingerprint density at radius 2 is 2.00 bits per heavy atom. The van der Waals surface area contributed by atoms with Gasteiger partial charge in [-0.05, 0) is 17.2 Å². The number of allylic oxidation sites excluding steroid dienone is 5. The van der Waals surface area contributed by atoms with Gasteiger partial charge in [-0.1, -0.05) is 37.5 Å². The van der Waals surface area contributed by atoms with Gasteiger partial charge in [0.15, 0.2) is 0 Å². The van der Waals surface area contributed by atoms with E-state index in [1.165, 1.54) is 12.2 Å². The van der Waals surface area contributed by atoms with Gasteiger partial charge in [0.25, 0.3) is 0 Å². The van der Waals surface area contributed by atoms with Crippen molar-refractivity contribution >= 4 is 11.1 Å². The molecule has 0 radical (unpaired) electrons. The summed E-state index contributed by atoms with van der Waals surface area (Å²) in [7, 11) is 0. The summed E-state index contributed by atoms with van der Waals surface area (Å²) < 4.78 is 20.7. The monoisotopic (exact) mass is 169 g/mol. The highest BCUT2D eigenvalue weighted by Gasteiger charge is 1.85. The van der Waals surface area contributed by atoms with Gasteiger partial charge in [-0.25, -0.2) is 0 Å². The predicted molar refractivity (Wildman–Crippen MR) is 46.5 cm³/mol. The molecule has 1 unspecified atom stereocenters. The van der Waals surface area contributed by atoms with Gasteiger partial charge >= 0.3 is 0 Å². The third kappa shape index (κ3) is 4.47. The molecule has 0 aromatic rings. The molecule has 0 bridgehead atoms. The van der Waals surface area contributed by atoms with E-state index in [1.54, 1.807) is 18.2 Å². The molecule has 11 heavy (non-hydrogen) atoms. The van der Waals surface area contributed by atoms with E-state index >= 15 is 0 Å². The van der Waals surface area contributed by atoms with Crippen LogP contribution in [0, 0.1) is 0 Å². The Kier molecular flexibility index (Phi) is 5.33. The first kappa shape index (κ1) is 10.1. The molecule has 0 fully saturated rings. The first-order valence-corrected chi connectivity index (χ1v) is 4.01. The molecule has 0 saturated carbocycles. The van der Waals surface area contributed by atoms with Crippen molar-refractivity contribution in [2.75, 3.05) is 0 Å². The maximum Gasteiger partial charge on any atom is 0.0242 e. The molecule has 0 rings (SSSR count). The molecule has 0 aliphatic carbocycles. The van der Waals surface area contributed by atoms with Crippen LogP contribution in [0.3, 0.4) is 0 Å². The van der Waals surface area contributed by atoms with Gasteiger partial charge in [-0.2, -0.15) is 0 Å². The quantitative estimate of drug-likeness (QED) is 0.474. The van der Waals surface area contributed by atoms with Crippen molar-refractivity contribution in [1.82, 2.24) is 0 Å². The Bertz CT molecular complexity index is 226. The zero-order valence-corrected chi connectivity index (χ0v) is 6.84. The molecular weight excluding hydrogens is 160 g/mol. The van der Waals surface area contributed by atoms with Gasteiger partial charge in [0, 0.05) is 4.91 Å². The number of hydrogen-bond acceptors (Lipinski definition) is 2. The molecule has 0 aliphatic heterocycles. The Balaban J connectivity index is 4.35. The maximum atomic E-state index is 10.3. The summed E-state index contributed by atoms with van der Waals surface area (Å²) in [5.74, 6) is 0. The fraction of sp³-hybridized carbons (Fsp3) is 0. The summed E-state index contributed by atoms with van der Waals surface area (Å²) in [5, 5.41) is 0. The molecule has 60 valence electrons. The Morgan fingerprint density at radius 3 is 2.36 bits per heavy atom. The van der Waals surface area contributed by atoms with E-state index in [-0.39, 0.29) is 4.91 Å². The Hall–Kier alpha value is -0.930. The van der Waals surface area contributed by atoms with Crippen LogP contribution in [0.25, 0.3) is 0 Å². The lowest BCUT2D eigenvalue weighted by molar-refractivity contribution is 0.544. The standard InChI is InChI=1S/C8H10O2S/c1-3-5-6-7-8(4-2)11(9)10/h3-7H,1-2H2,(H,9,10)/p-1/b6-5-,8-7+. The van der Waals surface area contributed by atoms with Gasteiger partial charge in [0.2, 0.25) is 0 Å². The molecular formula is C8H9O2S-. The van der Waals surface area contributed by atoms with Gasteiger partial charge < -0.3 is 4.55 Å². The number of rotatable bonds is 4. The van der Waals surface area contributed by atoms with Crippen LogP contribution in [-0.4, -0.2) is 8.76 Å². The minimum Gasteiger partial charge on any atom is -0.768 e. The van der Waals surface area contributed by atoms with Crippen LogP contribution in [0.5, 0.6) is 0 Å². The SMILES string of the molecule is C=C/C=C\C=C(/C=C)S(=O)[O-]. The molecule has 0 amide bonds. The molecule has 0 saturated heterocycles. The van der Waals surface area contributed by atoms with E-state index in [0.29, 0.717) is 0 Å². The third-order valence-corrected chi connectivity index (χ3v) is 1.59. The van der Waals surface area contributed by atoms with Crippen LogP contribution in [-0.2, 0) is 11.1 Å². The van der Waals surface area contributed by atoms with Crippen molar-refractivity contribution in [1.29, 1.82) is 0 Å². The molecule has 0 heterocycles. The molecule has 0 aliphatic rings. The lowest BCUT2D eigenvalue weighted by Crippen LogP contribution is -1.87. The van der Waals surface area contributed by atoms with E-state index in [1.807, 2.05) is 0 Å². The maximum absolute atomic E-state index is 10.3. The lowest BCUT2D eigenvalue weighted by atomic mass is 10.4. The van der Waals surface area contributed by atoms with E-state index in [2.05, 4.69) is 13.2 Å². The molecule has 1 atom stereocenters. The minimum absolute atomic E-state index is 0.170. The first-order chi connectivity index (χ1) is 5.22. The highest BCUT2D eigenvalue weighted by molar-refractivity contribution is 7.83. The summed E-state index contributed by atoms with van der Waals surface area (Å²) in [6.07, 6.45) is 7.50.